The van der Waals surface area contributed by atoms with Crippen LogP contribution in [0.3, 0.4) is 0 Å². The van der Waals surface area contributed by atoms with Gasteiger partial charge < -0.3 is 14.6 Å². The van der Waals surface area contributed by atoms with Crippen LogP contribution in [0.1, 0.15) is 68.8 Å². The molecule has 3 aromatic rings. The van der Waals surface area contributed by atoms with Gasteiger partial charge in [0.1, 0.15) is 5.82 Å². The minimum absolute atomic E-state index is 0.173. The summed E-state index contributed by atoms with van der Waals surface area (Å²) in [5.74, 6) is 0.559. The number of rotatable bonds is 10. The van der Waals surface area contributed by atoms with Crippen LogP contribution in [-0.4, -0.2) is 39.7 Å². The summed E-state index contributed by atoms with van der Waals surface area (Å²) in [7, 11) is 0. The SMILES string of the molecule is C=CCc1cc(C=Nn2c(C3CCCCC3)nc3ccccc3c2=O)cc(OCC)c1O[C@H](C)C(=O)O. The zero-order valence-electron chi connectivity index (χ0n) is 21.4. The number of hydrogen-bond donors (Lipinski definition) is 1. The van der Waals surface area contributed by atoms with Crippen LogP contribution in [0.25, 0.3) is 10.9 Å². The van der Waals surface area contributed by atoms with E-state index in [-0.39, 0.29) is 11.5 Å². The highest BCUT2D eigenvalue weighted by Crippen LogP contribution is 2.35. The molecule has 1 saturated carbocycles. The van der Waals surface area contributed by atoms with Gasteiger partial charge in [-0.3, -0.25) is 4.79 Å². The van der Waals surface area contributed by atoms with Crippen molar-refractivity contribution in [3.63, 3.8) is 0 Å². The summed E-state index contributed by atoms with van der Waals surface area (Å²) in [6.07, 6.45) is 8.08. The zero-order valence-corrected chi connectivity index (χ0v) is 21.4. The number of nitrogens with zero attached hydrogens (tertiary/aromatic N) is 3. The topological polar surface area (TPSA) is 103 Å². The molecule has 1 aromatic heterocycles. The van der Waals surface area contributed by atoms with E-state index in [9.17, 15) is 14.7 Å². The maximum atomic E-state index is 13.5. The molecule has 1 N–H and O–H groups in total. The van der Waals surface area contributed by atoms with Gasteiger partial charge in [0.15, 0.2) is 17.6 Å². The second-order valence-electron chi connectivity index (χ2n) is 9.22. The summed E-state index contributed by atoms with van der Waals surface area (Å²) < 4.78 is 13.0. The quantitative estimate of drug-likeness (QED) is 0.297. The third kappa shape index (κ3) is 5.90. The molecule has 8 heteroatoms. The Morgan fingerprint density at radius 3 is 2.73 bits per heavy atom. The van der Waals surface area contributed by atoms with Gasteiger partial charge in [0.2, 0.25) is 0 Å². The van der Waals surface area contributed by atoms with Gasteiger partial charge in [0.05, 0.1) is 23.7 Å². The highest BCUT2D eigenvalue weighted by Gasteiger charge is 2.23. The Morgan fingerprint density at radius 1 is 1.27 bits per heavy atom. The Bertz CT molecular complexity index is 1370. The van der Waals surface area contributed by atoms with Crippen LogP contribution in [0.15, 0.2) is 58.9 Å². The van der Waals surface area contributed by atoms with Gasteiger partial charge >= 0.3 is 5.97 Å². The van der Waals surface area contributed by atoms with Crippen LogP contribution in [-0.2, 0) is 11.2 Å². The summed E-state index contributed by atoms with van der Waals surface area (Å²) >= 11 is 0. The van der Waals surface area contributed by atoms with Gasteiger partial charge in [0.25, 0.3) is 5.56 Å². The van der Waals surface area contributed by atoms with E-state index < -0.39 is 12.1 Å². The molecule has 0 bridgehead atoms. The average molecular weight is 504 g/mol. The van der Waals surface area contributed by atoms with Gasteiger partial charge in [-0.25, -0.2) is 9.78 Å². The predicted octanol–water partition coefficient (Wildman–Crippen LogP) is 5.31. The average Bonchev–Trinajstić information content (AvgIpc) is 2.90. The number of carboxylic acid groups (broad SMARTS) is 1. The summed E-state index contributed by atoms with van der Waals surface area (Å²) in [5, 5.41) is 14.5. The molecule has 8 nitrogen and oxygen atoms in total. The number of carboxylic acids is 1. The van der Waals surface area contributed by atoms with Crippen molar-refractivity contribution in [3.8, 4) is 11.5 Å². The number of ether oxygens (including phenoxy) is 2. The first-order valence-electron chi connectivity index (χ1n) is 12.8. The van der Waals surface area contributed by atoms with Crippen LogP contribution in [0.4, 0.5) is 0 Å². The minimum Gasteiger partial charge on any atom is -0.490 e. The molecule has 0 aliphatic heterocycles. The molecule has 0 saturated heterocycles. The minimum atomic E-state index is -1.07. The largest absolute Gasteiger partial charge is 0.490 e. The lowest BCUT2D eigenvalue weighted by atomic mass is 9.88. The Hall–Kier alpha value is -3.94. The van der Waals surface area contributed by atoms with Crippen LogP contribution in [0.2, 0.25) is 0 Å². The number of benzene rings is 2. The van der Waals surface area contributed by atoms with Gasteiger partial charge in [-0.05, 0) is 62.9 Å². The van der Waals surface area contributed by atoms with Crippen molar-refractivity contribution in [2.24, 2.45) is 5.10 Å². The molecule has 0 radical (unpaired) electrons. The monoisotopic (exact) mass is 503 g/mol. The Labute approximate surface area is 216 Å². The van der Waals surface area contributed by atoms with Crippen LogP contribution < -0.4 is 15.0 Å². The first kappa shape index (κ1) is 26.1. The van der Waals surface area contributed by atoms with Crippen molar-refractivity contribution >= 4 is 23.1 Å². The fraction of sp³-hybridized carbons (Fsp3) is 0.379. The molecule has 2 aromatic carbocycles. The second-order valence-corrected chi connectivity index (χ2v) is 9.22. The number of fused-ring (bicyclic) bond motifs is 1. The molecule has 0 spiro atoms. The van der Waals surface area contributed by atoms with Crippen LogP contribution >= 0.6 is 0 Å². The second kappa shape index (κ2) is 11.9. The summed E-state index contributed by atoms with van der Waals surface area (Å²) in [4.78, 5) is 29.8. The molecule has 1 heterocycles. The highest BCUT2D eigenvalue weighted by atomic mass is 16.5. The van der Waals surface area contributed by atoms with Crippen molar-refractivity contribution in [2.75, 3.05) is 6.61 Å². The number of aromatic nitrogens is 2. The molecule has 1 atom stereocenters. The molecule has 1 aliphatic carbocycles. The summed E-state index contributed by atoms with van der Waals surface area (Å²) in [6, 6.07) is 10.9. The normalized spacial score (nSPS) is 15.1. The van der Waals surface area contributed by atoms with E-state index in [2.05, 4.69) is 11.7 Å². The van der Waals surface area contributed by atoms with Gasteiger partial charge in [-0.15, -0.1) is 6.58 Å². The van der Waals surface area contributed by atoms with Crippen molar-refractivity contribution in [2.45, 2.75) is 64.4 Å². The van der Waals surface area contributed by atoms with E-state index in [4.69, 9.17) is 14.5 Å². The molecular weight excluding hydrogens is 470 g/mol. The molecule has 1 fully saturated rings. The van der Waals surface area contributed by atoms with Gasteiger partial charge in [-0.2, -0.15) is 9.78 Å². The molecule has 4 rings (SSSR count). The van der Waals surface area contributed by atoms with Crippen molar-refractivity contribution in [1.29, 1.82) is 0 Å². The van der Waals surface area contributed by atoms with Gasteiger partial charge in [-0.1, -0.05) is 37.5 Å². The smallest absolute Gasteiger partial charge is 0.344 e. The van der Waals surface area contributed by atoms with Crippen LogP contribution in [0, 0.1) is 0 Å². The zero-order chi connectivity index (χ0) is 26.4. The Morgan fingerprint density at radius 2 is 2.03 bits per heavy atom. The van der Waals surface area contributed by atoms with E-state index >= 15 is 0 Å². The van der Waals surface area contributed by atoms with E-state index in [0.717, 1.165) is 25.7 Å². The number of para-hydroxylation sites is 1. The van der Waals surface area contributed by atoms with E-state index in [1.807, 2.05) is 31.2 Å². The number of aliphatic carboxylic acids is 1. The maximum Gasteiger partial charge on any atom is 0.344 e. The number of carbonyl (C=O) groups is 1. The molecular formula is C29H33N3O5. The van der Waals surface area contributed by atoms with Crippen molar-refractivity contribution < 1.29 is 19.4 Å². The first-order valence-corrected chi connectivity index (χ1v) is 12.8. The van der Waals surface area contributed by atoms with E-state index in [1.165, 1.54) is 18.0 Å². The van der Waals surface area contributed by atoms with Crippen molar-refractivity contribution in [3.05, 3.63) is 76.4 Å². The Balaban J connectivity index is 1.81. The Kier molecular flexibility index (Phi) is 8.38. The number of hydrogen-bond acceptors (Lipinski definition) is 6. The van der Waals surface area contributed by atoms with Crippen LogP contribution in [0.5, 0.6) is 11.5 Å². The predicted molar refractivity (Wildman–Crippen MR) is 144 cm³/mol. The first-order chi connectivity index (χ1) is 17.9. The molecule has 0 unspecified atom stereocenters. The van der Waals surface area contributed by atoms with E-state index in [0.29, 0.717) is 52.4 Å². The summed E-state index contributed by atoms with van der Waals surface area (Å²) in [6.45, 7) is 7.49. The lowest BCUT2D eigenvalue weighted by Crippen LogP contribution is -2.25. The lowest BCUT2D eigenvalue weighted by molar-refractivity contribution is -0.144. The standard InChI is InChI=1S/C29H33N3O5/c1-4-11-22-16-20(17-25(36-5-2)26(22)37-19(3)29(34)35)18-30-32-27(21-12-7-6-8-13-21)31-24-15-10-9-14-23(24)28(32)33/h4,9-10,14-19,21H,1,5-8,11-13H2,2-3H3,(H,34,35)/t19-/m1/s1. The third-order valence-electron chi connectivity index (χ3n) is 6.53. The number of allylic oxidation sites excluding steroid dienone is 1. The fourth-order valence-electron chi connectivity index (χ4n) is 4.69. The highest BCUT2D eigenvalue weighted by molar-refractivity contribution is 5.82. The molecule has 194 valence electrons. The molecule has 0 amide bonds. The van der Waals surface area contributed by atoms with E-state index in [1.54, 1.807) is 24.4 Å². The fourth-order valence-corrected chi connectivity index (χ4v) is 4.69. The third-order valence-corrected chi connectivity index (χ3v) is 6.53. The van der Waals surface area contributed by atoms with Gasteiger partial charge in [0, 0.05) is 11.5 Å². The molecule has 1 aliphatic rings. The lowest BCUT2D eigenvalue weighted by Gasteiger charge is -2.22. The maximum absolute atomic E-state index is 13.5. The summed E-state index contributed by atoms with van der Waals surface area (Å²) in [5.41, 5.74) is 1.88. The van der Waals surface area contributed by atoms with Crippen molar-refractivity contribution in [1.82, 2.24) is 9.66 Å². The molecule has 37 heavy (non-hydrogen) atoms.